The van der Waals surface area contributed by atoms with Crippen molar-refractivity contribution >= 4 is 28.1 Å². The zero-order chi connectivity index (χ0) is 12.1. The van der Waals surface area contributed by atoms with Crippen LogP contribution in [-0.4, -0.2) is 35.3 Å². The summed E-state index contributed by atoms with van der Waals surface area (Å²) in [5.74, 6) is 0.182. The third-order valence-electron chi connectivity index (χ3n) is 1.46. The maximum Gasteiger partial charge on any atom is 0.191 e. The van der Waals surface area contributed by atoms with Gasteiger partial charge in [-0.3, -0.25) is 0 Å². The number of nitrogens with zero attached hydrogens (tertiary/aromatic N) is 6. The third-order valence-corrected chi connectivity index (χ3v) is 2.01. The minimum Gasteiger partial charge on any atom is -0.369 e. The molecule has 0 amide bonds. The highest BCUT2D eigenvalue weighted by Crippen LogP contribution is 2.19. The highest BCUT2D eigenvalue weighted by Gasteiger charge is 2.10. The summed E-state index contributed by atoms with van der Waals surface area (Å²) in [5.41, 5.74) is 0.0956. The lowest BCUT2D eigenvalue weighted by Crippen LogP contribution is -2.07. The Labute approximate surface area is 101 Å². The topological polar surface area (TPSA) is 89.0 Å². The van der Waals surface area contributed by atoms with E-state index in [2.05, 4.69) is 30.9 Å². The average Bonchev–Trinajstić information content (AvgIpc) is 2.26. The van der Waals surface area contributed by atoms with E-state index in [4.69, 9.17) is 10.5 Å². The van der Waals surface area contributed by atoms with Crippen molar-refractivity contribution in [1.82, 2.24) is 14.9 Å². The Hall–Kier alpha value is -1.99. The number of hydrogen-bond acceptors (Lipinski definition) is 5. The highest BCUT2D eigenvalue weighted by atomic mass is 79.9. The second kappa shape index (κ2) is 5.19. The largest absolute Gasteiger partial charge is 0.369 e. The van der Waals surface area contributed by atoms with Gasteiger partial charge in [0.15, 0.2) is 17.2 Å². The van der Waals surface area contributed by atoms with E-state index in [1.54, 1.807) is 19.0 Å². The molecular weight excluding hydrogens is 272 g/mol. The Morgan fingerprint density at radius 3 is 2.38 bits per heavy atom. The van der Waals surface area contributed by atoms with Crippen LogP contribution < -0.4 is 0 Å². The molecule has 6 nitrogen and oxygen atoms in total. The average molecular weight is 279 g/mol. The molecule has 0 saturated carbocycles. The molecule has 0 aliphatic heterocycles. The van der Waals surface area contributed by atoms with E-state index < -0.39 is 0 Å². The van der Waals surface area contributed by atoms with Crippen LogP contribution in [0.15, 0.2) is 9.60 Å². The number of aliphatic imine (C=N–C) groups is 1. The van der Waals surface area contributed by atoms with Gasteiger partial charge in [-0.1, -0.05) is 0 Å². The molecule has 0 aliphatic rings. The molecule has 0 bridgehead atoms. The van der Waals surface area contributed by atoms with Crippen molar-refractivity contribution < 1.29 is 0 Å². The van der Waals surface area contributed by atoms with Gasteiger partial charge < -0.3 is 4.90 Å². The van der Waals surface area contributed by atoms with Gasteiger partial charge in [0.1, 0.15) is 16.7 Å². The fraction of sp³-hybridized carbons (Fsp3) is 0.222. The first-order chi connectivity index (χ1) is 7.58. The van der Waals surface area contributed by atoms with Gasteiger partial charge >= 0.3 is 0 Å². The van der Waals surface area contributed by atoms with E-state index in [1.165, 1.54) is 6.34 Å². The highest BCUT2D eigenvalue weighted by molar-refractivity contribution is 9.10. The zero-order valence-electron chi connectivity index (χ0n) is 8.64. The Kier molecular flexibility index (Phi) is 3.92. The fourth-order valence-corrected chi connectivity index (χ4v) is 1.16. The molecule has 0 aliphatic carbocycles. The normalized spacial score (nSPS) is 9.81. The Morgan fingerprint density at radius 1 is 1.25 bits per heavy atom. The Morgan fingerprint density at radius 2 is 1.88 bits per heavy atom. The lowest BCUT2D eigenvalue weighted by Gasteiger charge is -2.03. The summed E-state index contributed by atoms with van der Waals surface area (Å²) in [6.07, 6.45) is 1.50. The molecule has 0 fully saturated rings. The predicted octanol–water partition coefficient (Wildman–Crippen LogP) is 1.20. The van der Waals surface area contributed by atoms with E-state index in [0.29, 0.717) is 0 Å². The number of halogens is 1. The molecule has 0 unspecified atom stereocenters. The second-order valence-corrected chi connectivity index (χ2v) is 3.72. The quantitative estimate of drug-likeness (QED) is 0.599. The van der Waals surface area contributed by atoms with Crippen molar-refractivity contribution in [2.45, 2.75) is 0 Å². The molecule has 16 heavy (non-hydrogen) atoms. The number of aromatic nitrogens is 2. The smallest absolute Gasteiger partial charge is 0.191 e. The van der Waals surface area contributed by atoms with Crippen LogP contribution in [0, 0.1) is 22.7 Å². The molecule has 0 saturated heterocycles. The van der Waals surface area contributed by atoms with Gasteiger partial charge in [-0.25, -0.2) is 15.0 Å². The van der Waals surface area contributed by atoms with Gasteiger partial charge in [0, 0.05) is 14.1 Å². The maximum atomic E-state index is 8.83. The van der Waals surface area contributed by atoms with Crippen LogP contribution in [-0.2, 0) is 0 Å². The lowest BCUT2D eigenvalue weighted by atomic mass is 10.4. The van der Waals surface area contributed by atoms with Crippen LogP contribution in [0.1, 0.15) is 11.4 Å². The van der Waals surface area contributed by atoms with E-state index >= 15 is 0 Å². The molecule has 0 spiro atoms. The van der Waals surface area contributed by atoms with Gasteiger partial charge in [-0.15, -0.1) is 0 Å². The number of rotatable bonds is 2. The van der Waals surface area contributed by atoms with Crippen LogP contribution >= 0.6 is 15.9 Å². The lowest BCUT2D eigenvalue weighted by molar-refractivity contribution is 0.643. The summed E-state index contributed by atoms with van der Waals surface area (Å²) in [5, 5.41) is 17.5. The van der Waals surface area contributed by atoms with Gasteiger partial charge in [0.05, 0.1) is 6.34 Å². The molecular formula is C9H7BrN6. The number of hydrogen-bond donors (Lipinski definition) is 0. The van der Waals surface area contributed by atoms with Crippen molar-refractivity contribution in [3.63, 3.8) is 0 Å². The van der Waals surface area contributed by atoms with Gasteiger partial charge in [0.2, 0.25) is 0 Å². The zero-order valence-corrected chi connectivity index (χ0v) is 10.2. The van der Waals surface area contributed by atoms with Crippen LogP contribution in [0.4, 0.5) is 5.82 Å². The molecule has 80 valence electrons. The van der Waals surface area contributed by atoms with Crippen molar-refractivity contribution in [3.8, 4) is 12.1 Å². The Bertz CT molecular complexity index is 508. The summed E-state index contributed by atoms with van der Waals surface area (Å²) in [6, 6.07) is 3.67. The molecule has 1 rings (SSSR count). The number of nitriles is 2. The molecule has 0 N–H and O–H groups in total. The SMILES string of the molecule is CN(C)/C=N/c1nc(Br)c(C#N)nc1C#N. The fourth-order valence-electron chi connectivity index (χ4n) is 0.813. The van der Waals surface area contributed by atoms with Gasteiger partial charge in [-0.2, -0.15) is 10.5 Å². The van der Waals surface area contributed by atoms with Crippen LogP contribution in [0.5, 0.6) is 0 Å². The summed E-state index contributed by atoms with van der Waals surface area (Å²) in [4.78, 5) is 13.5. The molecule has 1 aromatic rings. The van der Waals surface area contributed by atoms with Gasteiger partial charge in [0.25, 0.3) is 0 Å². The van der Waals surface area contributed by atoms with Crippen LogP contribution in [0.25, 0.3) is 0 Å². The van der Waals surface area contributed by atoms with Crippen molar-refractivity contribution in [3.05, 3.63) is 16.0 Å². The molecule has 7 heteroatoms. The van der Waals surface area contributed by atoms with Crippen molar-refractivity contribution in [2.24, 2.45) is 4.99 Å². The molecule has 1 aromatic heterocycles. The molecule has 0 radical (unpaired) electrons. The van der Waals surface area contributed by atoms with E-state index in [0.717, 1.165) is 0 Å². The molecule has 0 aromatic carbocycles. The second-order valence-electron chi connectivity index (χ2n) is 2.97. The summed E-state index contributed by atoms with van der Waals surface area (Å²) < 4.78 is 0.278. The first kappa shape index (κ1) is 12.1. The van der Waals surface area contributed by atoms with E-state index in [-0.39, 0.29) is 21.8 Å². The maximum absolute atomic E-state index is 8.83. The molecule has 0 atom stereocenters. The third kappa shape index (κ3) is 2.75. The first-order valence-electron chi connectivity index (χ1n) is 4.17. The van der Waals surface area contributed by atoms with Gasteiger partial charge in [-0.05, 0) is 15.9 Å². The van der Waals surface area contributed by atoms with E-state index in [9.17, 15) is 0 Å². The minimum absolute atomic E-state index is 0.0258. The van der Waals surface area contributed by atoms with Crippen LogP contribution in [0.2, 0.25) is 0 Å². The predicted molar refractivity (Wildman–Crippen MR) is 61.0 cm³/mol. The minimum atomic E-state index is 0.0258. The molecule has 1 heterocycles. The van der Waals surface area contributed by atoms with Crippen molar-refractivity contribution in [2.75, 3.05) is 14.1 Å². The summed E-state index contributed by atoms with van der Waals surface area (Å²) >= 11 is 3.08. The summed E-state index contributed by atoms with van der Waals surface area (Å²) in [6.45, 7) is 0. The van der Waals surface area contributed by atoms with Crippen LogP contribution in [0.3, 0.4) is 0 Å². The monoisotopic (exact) mass is 278 g/mol. The standard InChI is InChI=1S/C9H7BrN6/c1-16(2)5-13-9-7(4-12)14-6(3-11)8(10)15-9/h5H,1-2H3/b13-5+. The first-order valence-corrected chi connectivity index (χ1v) is 4.96. The Balaban J connectivity index is 3.26. The summed E-state index contributed by atoms with van der Waals surface area (Å²) in [7, 11) is 3.59. The van der Waals surface area contributed by atoms with Crippen molar-refractivity contribution in [1.29, 1.82) is 10.5 Å². The van der Waals surface area contributed by atoms with E-state index in [1.807, 2.05) is 12.1 Å².